The zero-order valence-corrected chi connectivity index (χ0v) is 25.3. The lowest BCUT2D eigenvalue weighted by molar-refractivity contribution is -0.147. The molecule has 0 spiro atoms. The van der Waals surface area contributed by atoms with E-state index in [9.17, 15) is 19.5 Å². The molecule has 1 saturated carbocycles. The van der Waals surface area contributed by atoms with Gasteiger partial charge in [0.1, 0.15) is 0 Å². The molecule has 1 fully saturated rings. The molecule has 9 nitrogen and oxygen atoms in total. The molecule has 212 valence electrons. The van der Waals surface area contributed by atoms with E-state index >= 15 is 0 Å². The summed E-state index contributed by atoms with van der Waals surface area (Å²) in [5.74, 6) is -0.307. The SMILES string of the molecule is CC(C)(CC[C@H](NC(=O)N1Cc2c(NC(=O)C3([Si](C)(C)C)CCC3)n[nH]c2C1(C)C)c1ccccc1)C(=O)O. The minimum absolute atomic E-state index is 0.0492. The van der Waals surface area contributed by atoms with Gasteiger partial charge in [-0.3, -0.25) is 14.7 Å². The number of hydrogen-bond donors (Lipinski definition) is 4. The fourth-order valence-electron chi connectivity index (χ4n) is 5.87. The Morgan fingerprint density at radius 1 is 1.15 bits per heavy atom. The van der Waals surface area contributed by atoms with Crippen LogP contribution in [-0.2, 0) is 21.7 Å². The van der Waals surface area contributed by atoms with Crippen LogP contribution in [0.2, 0.25) is 24.7 Å². The number of carbonyl (C=O) groups is 3. The van der Waals surface area contributed by atoms with Crippen molar-refractivity contribution in [2.24, 2.45) is 5.41 Å². The number of aromatic amines is 1. The maximum atomic E-state index is 13.7. The molecule has 2 heterocycles. The predicted molar refractivity (Wildman–Crippen MR) is 154 cm³/mol. The summed E-state index contributed by atoms with van der Waals surface area (Å²) in [5, 5.41) is 23.1. The normalized spacial score (nSPS) is 18.6. The molecule has 1 atom stereocenters. The van der Waals surface area contributed by atoms with Gasteiger partial charge in [-0.15, -0.1) is 0 Å². The van der Waals surface area contributed by atoms with Gasteiger partial charge in [0.05, 0.1) is 37.3 Å². The van der Waals surface area contributed by atoms with Crippen LogP contribution in [0.5, 0.6) is 0 Å². The largest absolute Gasteiger partial charge is 0.481 e. The number of carboxylic acid groups (broad SMARTS) is 1. The number of amides is 3. The lowest BCUT2D eigenvalue weighted by atomic mass is 9.83. The second-order valence-electron chi connectivity index (χ2n) is 13.4. The lowest BCUT2D eigenvalue weighted by Gasteiger charge is -2.48. The van der Waals surface area contributed by atoms with Crippen molar-refractivity contribution in [2.45, 2.75) is 103 Å². The molecular formula is C29H43N5O4Si. The van der Waals surface area contributed by atoms with Crippen molar-refractivity contribution < 1.29 is 19.5 Å². The predicted octanol–water partition coefficient (Wildman–Crippen LogP) is 6.00. The number of nitrogens with one attached hydrogen (secondary N) is 3. The highest BCUT2D eigenvalue weighted by molar-refractivity contribution is 6.83. The van der Waals surface area contributed by atoms with Crippen LogP contribution in [0.25, 0.3) is 0 Å². The van der Waals surface area contributed by atoms with E-state index in [0.29, 0.717) is 25.2 Å². The second-order valence-corrected chi connectivity index (χ2v) is 18.8. The van der Waals surface area contributed by atoms with Gasteiger partial charge in [0.2, 0.25) is 5.91 Å². The van der Waals surface area contributed by atoms with Gasteiger partial charge in [-0.25, -0.2) is 4.79 Å². The Balaban J connectivity index is 1.52. The maximum absolute atomic E-state index is 13.7. The molecule has 10 heteroatoms. The van der Waals surface area contributed by atoms with E-state index in [0.717, 1.165) is 36.1 Å². The quantitative estimate of drug-likeness (QED) is 0.283. The minimum Gasteiger partial charge on any atom is -0.481 e. The van der Waals surface area contributed by atoms with Crippen molar-refractivity contribution in [1.29, 1.82) is 0 Å². The number of benzene rings is 1. The van der Waals surface area contributed by atoms with Crippen LogP contribution in [0.15, 0.2) is 30.3 Å². The summed E-state index contributed by atoms with van der Waals surface area (Å²) in [7, 11) is -1.75. The number of nitrogens with zero attached hydrogens (tertiary/aromatic N) is 2. The summed E-state index contributed by atoms with van der Waals surface area (Å²) in [6, 6.07) is 9.04. The molecule has 2 aromatic rings. The van der Waals surface area contributed by atoms with E-state index in [1.54, 1.807) is 18.7 Å². The lowest BCUT2D eigenvalue weighted by Crippen LogP contribution is -2.52. The fourth-order valence-corrected chi connectivity index (χ4v) is 8.46. The minimum atomic E-state index is -1.75. The first-order valence-corrected chi connectivity index (χ1v) is 17.4. The van der Waals surface area contributed by atoms with Gasteiger partial charge in [0, 0.05) is 10.6 Å². The van der Waals surface area contributed by atoms with Gasteiger partial charge in [0.25, 0.3) is 0 Å². The molecule has 4 rings (SSSR count). The molecule has 0 saturated heterocycles. The summed E-state index contributed by atoms with van der Waals surface area (Å²) in [5.41, 5.74) is 0.983. The Hall–Kier alpha value is -3.14. The Labute approximate surface area is 232 Å². The van der Waals surface area contributed by atoms with Crippen molar-refractivity contribution >= 4 is 31.8 Å². The number of carboxylic acids is 1. The van der Waals surface area contributed by atoms with Gasteiger partial charge in [0.15, 0.2) is 5.82 Å². The van der Waals surface area contributed by atoms with Crippen molar-refractivity contribution in [1.82, 2.24) is 20.4 Å². The third-order valence-electron chi connectivity index (χ3n) is 9.16. The molecule has 3 amide bonds. The van der Waals surface area contributed by atoms with Crippen molar-refractivity contribution in [2.75, 3.05) is 5.32 Å². The molecule has 1 aromatic heterocycles. The smallest absolute Gasteiger partial charge is 0.318 e. The number of urea groups is 1. The van der Waals surface area contributed by atoms with Crippen LogP contribution in [0, 0.1) is 5.41 Å². The van der Waals surface area contributed by atoms with Crippen LogP contribution >= 0.6 is 0 Å². The molecule has 4 N–H and O–H groups in total. The maximum Gasteiger partial charge on any atom is 0.318 e. The molecule has 0 unspecified atom stereocenters. The van der Waals surface area contributed by atoms with Crippen LogP contribution in [0.4, 0.5) is 10.6 Å². The van der Waals surface area contributed by atoms with Crippen LogP contribution in [-0.4, -0.2) is 46.2 Å². The van der Waals surface area contributed by atoms with Crippen molar-refractivity contribution in [3.05, 3.63) is 47.2 Å². The van der Waals surface area contributed by atoms with Crippen LogP contribution in [0.1, 0.15) is 82.7 Å². The highest BCUT2D eigenvalue weighted by Gasteiger charge is 2.54. The second kappa shape index (κ2) is 10.1. The Bertz CT molecular complexity index is 1240. The Morgan fingerprint density at radius 3 is 2.33 bits per heavy atom. The average molecular weight is 554 g/mol. The summed E-state index contributed by atoms with van der Waals surface area (Å²) in [6.45, 7) is 14.4. The van der Waals surface area contributed by atoms with E-state index in [4.69, 9.17) is 0 Å². The van der Waals surface area contributed by atoms with Crippen molar-refractivity contribution in [3.63, 3.8) is 0 Å². The topological polar surface area (TPSA) is 127 Å². The zero-order chi connectivity index (χ0) is 28.8. The molecule has 0 bridgehead atoms. The number of H-pyrrole nitrogens is 1. The van der Waals surface area contributed by atoms with Gasteiger partial charge in [-0.05, 0) is 58.9 Å². The van der Waals surface area contributed by atoms with E-state index < -0.39 is 25.0 Å². The number of anilines is 1. The van der Waals surface area contributed by atoms with Crippen LogP contribution < -0.4 is 10.6 Å². The highest BCUT2D eigenvalue weighted by atomic mass is 28.3. The third-order valence-corrected chi connectivity index (χ3v) is 12.8. The molecular weight excluding hydrogens is 510 g/mol. The molecule has 1 aliphatic heterocycles. The number of rotatable bonds is 9. The van der Waals surface area contributed by atoms with Gasteiger partial charge in [-0.2, -0.15) is 5.10 Å². The number of aliphatic carboxylic acids is 1. The standard InChI is InChI=1S/C29H43N5O4Si/c1-27(2,25(36)37)17-14-21(19-12-9-8-10-13-19)30-26(38)34-18-20-22(28(34,3)4)32-33-23(20)31-24(35)29(15-11-16-29)39(5,6)7/h8-10,12-13,21H,11,14-18H2,1-7H3,(H,30,38)(H,36,37)(H2,31,32,33,35)/t21-/m0/s1. The van der Waals surface area contributed by atoms with Crippen LogP contribution in [0.3, 0.4) is 0 Å². The van der Waals surface area contributed by atoms with Gasteiger partial charge >= 0.3 is 12.0 Å². The molecule has 0 radical (unpaired) electrons. The number of aromatic nitrogens is 2. The van der Waals surface area contributed by atoms with E-state index in [-0.39, 0.29) is 23.0 Å². The average Bonchev–Trinajstić information content (AvgIpc) is 3.33. The summed E-state index contributed by atoms with van der Waals surface area (Å²) in [4.78, 5) is 40.7. The zero-order valence-electron chi connectivity index (χ0n) is 24.3. The van der Waals surface area contributed by atoms with Gasteiger partial charge < -0.3 is 20.6 Å². The third kappa shape index (κ3) is 5.23. The van der Waals surface area contributed by atoms with E-state index in [1.807, 2.05) is 44.2 Å². The van der Waals surface area contributed by atoms with Gasteiger partial charge in [-0.1, -0.05) is 56.4 Å². The number of hydrogen-bond acceptors (Lipinski definition) is 4. The summed E-state index contributed by atoms with van der Waals surface area (Å²) < 4.78 is 0. The summed E-state index contributed by atoms with van der Waals surface area (Å²) in [6.07, 6.45) is 3.80. The first-order valence-electron chi connectivity index (χ1n) is 13.9. The Morgan fingerprint density at radius 2 is 1.79 bits per heavy atom. The monoisotopic (exact) mass is 553 g/mol. The molecule has 2 aliphatic rings. The van der Waals surface area contributed by atoms with Crippen molar-refractivity contribution in [3.8, 4) is 0 Å². The Kier molecular flexibility index (Phi) is 7.48. The first-order chi connectivity index (χ1) is 18.1. The molecule has 1 aromatic carbocycles. The fraction of sp³-hybridized carbons (Fsp3) is 0.586. The first kappa shape index (κ1) is 28.9. The molecule has 39 heavy (non-hydrogen) atoms. The molecule has 1 aliphatic carbocycles. The van der Waals surface area contributed by atoms with E-state index in [2.05, 4.69) is 40.5 Å². The summed E-state index contributed by atoms with van der Waals surface area (Å²) >= 11 is 0. The number of fused-ring (bicyclic) bond motifs is 1. The number of carbonyl (C=O) groups excluding carboxylic acids is 2. The van der Waals surface area contributed by atoms with E-state index in [1.165, 1.54) is 0 Å². The highest BCUT2D eigenvalue weighted by Crippen LogP contribution is 2.56.